The lowest BCUT2D eigenvalue weighted by Crippen LogP contribution is -2.53. The first-order valence-corrected chi connectivity index (χ1v) is 19.5. The maximum Gasteiger partial charge on any atom is 0.244 e. The molecule has 0 heterocycles. The third-order valence-electron chi connectivity index (χ3n) is 11.0. The van der Waals surface area contributed by atoms with Gasteiger partial charge in [-0.25, -0.2) is 8.42 Å². The number of hydrogen-bond acceptors (Lipinski definition) is 4. The predicted octanol–water partition coefficient (Wildman–Crippen LogP) is 6.64. The van der Waals surface area contributed by atoms with E-state index in [1.165, 1.54) is 48.4 Å². The Labute approximate surface area is 287 Å². The van der Waals surface area contributed by atoms with Gasteiger partial charge in [0.25, 0.3) is 0 Å². The van der Waals surface area contributed by atoms with E-state index in [4.69, 9.17) is 0 Å². The van der Waals surface area contributed by atoms with Crippen molar-refractivity contribution in [1.29, 1.82) is 0 Å². The predicted molar refractivity (Wildman–Crippen MR) is 192 cm³/mol. The fraction of sp³-hybridized carbons (Fsp3) is 0.500. The van der Waals surface area contributed by atoms with Crippen molar-refractivity contribution in [2.75, 3.05) is 23.7 Å². The molecule has 0 aliphatic heterocycles. The second kappa shape index (κ2) is 14.1. The number of benzene rings is 3. The average molecular weight is 670 g/mol. The Morgan fingerprint density at radius 2 is 1.44 bits per heavy atom. The molecule has 4 aliphatic rings. The van der Waals surface area contributed by atoms with Crippen molar-refractivity contribution in [2.24, 2.45) is 23.7 Å². The Balaban J connectivity index is 1.31. The van der Waals surface area contributed by atoms with Crippen LogP contribution < -0.4 is 9.62 Å². The normalized spacial score (nSPS) is 23.6. The number of sulfonamides is 1. The van der Waals surface area contributed by atoms with Gasteiger partial charge in [0, 0.05) is 19.5 Å². The Bertz CT molecular complexity index is 1670. The minimum absolute atomic E-state index is 0.181. The van der Waals surface area contributed by atoms with Crippen LogP contribution in [0.1, 0.15) is 74.6 Å². The van der Waals surface area contributed by atoms with E-state index in [1.807, 2.05) is 87.5 Å². The Hall–Kier alpha value is -3.65. The summed E-state index contributed by atoms with van der Waals surface area (Å²) >= 11 is 0. The molecular formula is C40H51N3O4S. The summed E-state index contributed by atoms with van der Waals surface area (Å²) in [5.41, 5.74) is 4.79. The van der Waals surface area contributed by atoms with Gasteiger partial charge in [0.05, 0.1) is 11.9 Å². The molecule has 4 aliphatic carbocycles. The topological polar surface area (TPSA) is 86.8 Å². The van der Waals surface area contributed by atoms with Gasteiger partial charge in [-0.2, -0.15) is 0 Å². The zero-order valence-corrected chi connectivity index (χ0v) is 29.7. The van der Waals surface area contributed by atoms with Gasteiger partial charge in [-0.15, -0.1) is 0 Å². The lowest BCUT2D eigenvalue weighted by molar-refractivity contribution is -0.140. The molecule has 0 radical (unpaired) electrons. The first-order chi connectivity index (χ1) is 22.9. The molecule has 7 nitrogen and oxygen atoms in total. The molecule has 1 N–H and O–H groups in total. The Morgan fingerprint density at radius 1 is 0.854 bits per heavy atom. The summed E-state index contributed by atoms with van der Waals surface area (Å²) in [5, 5.41) is 3.05. The molecule has 4 bridgehead atoms. The molecule has 1 unspecified atom stereocenters. The zero-order chi connectivity index (χ0) is 34.1. The van der Waals surface area contributed by atoms with Crippen LogP contribution in [0, 0.1) is 30.6 Å². The maximum atomic E-state index is 14.5. The number of rotatable bonds is 13. The molecule has 256 valence electrons. The SMILES string of the molecule is Cc1ccccc1CN(C(=O)CN(c1ccc(C23CC4CC(CC(C4)C2)C3)cc1)S(C)(=O)=O)C(Cc1ccccc1)C(=O)NCC(C)C. The van der Waals surface area contributed by atoms with E-state index < -0.39 is 28.5 Å². The van der Waals surface area contributed by atoms with Crippen LogP contribution in [0.25, 0.3) is 0 Å². The molecule has 0 aromatic heterocycles. The molecule has 7 rings (SSSR count). The number of anilines is 1. The number of aryl methyl sites for hydroxylation is 1. The van der Waals surface area contributed by atoms with E-state index in [0.717, 1.165) is 40.7 Å². The zero-order valence-electron chi connectivity index (χ0n) is 28.9. The van der Waals surface area contributed by atoms with Gasteiger partial charge in [-0.05, 0) is 109 Å². The summed E-state index contributed by atoms with van der Waals surface area (Å²) in [6.45, 7) is 6.30. The summed E-state index contributed by atoms with van der Waals surface area (Å²) in [6.07, 6.45) is 9.21. The van der Waals surface area contributed by atoms with E-state index in [9.17, 15) is 18.0 Å². The molecule has 4 saturated carbocycles. The highest BCUT2D eigenvalue weighted by Gasteiger charge is 2.51. The molecule has 48 heavy (non-hydrogen) atoms. The van der Waals surface area contributed by atoms with Gasteiger partial charge in [0.2, 0.25) is 21.8 Å². The van der Waals surface area contributed by atoms with Crippen LogP contribution >= 0.6 is 0 Å². The van der Waals surface area contributed by atoms with Gasteiger partial charge in [-0.1, -0.05) is 80.6 Å². The van der Waals surface area contributed by atoms with E-state index in [0.29, 0.717) is 18.7 Å². The molecular weight excluding hydrogens is 619 g/mol. The van der Waals surface area contributed by atoms with Gasteiger partial charge in [0.1, 0.15) is 12.6 Å². The summed E-state index contributed by atoms with van der Waals surface area (Å²) < 4.78 is 27.9. The van der Waals surface area contributed by atoms with E-state index in [2.05, 4.69) is 17.4 Å². The quantitative estimate of drug-likeness (QED) is 0.221. The van der Waals surface area contributed by atoms with Crippen LogP contribution in [0.4, 0.5) is 5.69 Å². The number of carbonyl (C=O) groups excluding carboxylic acids is 2. The lowest BCUT2D eigenvalue weighted by Gasteiger charge is -2.57. The minimum Gasteiger partial charge on any atom is -0.354 e. The molecule has 0 spiro atoms. The van der Waals surface area contributed by atoms with Crippen LogP contribution in [0.3, 0.4) is 0 Å². The van der Waals surface area contributed by atoms with E-state index >= 15 is 0 Å². The van der Waals surface area contributed by atoms with Crippen LogP contribution in [0.2, 0.25) is 0 Å². The minimum atomic E-state index is -3.83. The number of nitrogens with one attached hydrogen (secondary N) is 1. The van der Waals surface area contributed by atoms with Crippen molar-refractivity contribution in [1.82, 2.24) is 10.2 Å². The Morgan fingerprint density at radius 3 is 2.00 bits per heavy atom. The molecule has 3 aromatic rings. The molecule has 8 heteroatoms. The van der Waals surface area contributed by atoms with Crippen LogP contribution in [0.15, 0.2) is 78.9 Å². The number of hydrogen-bond donors (Lipinski definition) is 1. The van der Waals surface area contributed by atoms with Crippen molar-refractivity contribution in [3.05, 3.63) is 101 Å². The first kappa shape index (κ1) is 34.2. The maximum absolute atomic E-state index is 14.5. The first-order valence-electron chi connectivity index (χ1n) is 17.6. The third kappa shape index (κ3) is 7.64. The standard InChI is InChI=1S/C40H51N3O4S/c1-28(2)25-41-39(45)37(21-30-11-6-5-7-12-30)42(26-34-13-9-8-10-29(34)3)38(44)27-43(48(4,46)47)36-16-14-35(15-17-36)40-22-31-18-32(23-40)20-33(19-31)24-40/h5-17,28,31-33,37H,18-27H2,1-4H3,(H,41,45). The van der Waals surface area contributed by atoms with Crippen LogP contribution in [-0.2, 0) is 38.0 Å². The fourth-order valence-electron chi connectivity index (χ4n) is 9.01. The van der Waals surface area contributed by atoms with E-state index in [-0.39, 0.29) is 23.8 Å². The number of nitrogens with zero attached hydrogens (tertiary/aromatic N) is 2. The molecule has 1 atom stereocenters. The van der Waals surface area contributed by atoms with Crippen molar-refractivity contribution >= 4 is 27.5 Å². The smallest absolute Gasteiger partial charge is 0.244 e. The monoisotopic (exact) mass is 669 g/mol. The van der Waals surface area contributed by atoms with Crippen LogP contribution in [0.5, 0.6) is 0 Å². The summed E-state index contributed by atoms with van der Waals surface area (Å²) in [6, 6.07) is 24.6. The van der Waals surface area contributed by atoms with Crippen molar-refractivity contribution < 1.29 is 18.0 Å². The average Bonchev–Trinajstić information content (AvgIpc) is 3.04. The highest BCUT2D eigenvalue weighted by Crippen LogP contribution is 2.60. The van der Waals surface area contributed by atoms with Gasteiger partial charge < -0.3 is 10.2 Å². The van der Waals surface area contributed by atoms with Gasteiger partial charge in [-0.3, -0.25) is 13.9 Å². The largest absolute Gasteiger partial charge is 0.354 e. The number of carbonyl (C=O) groups is 2. The van der Waals surface area contributed by atoms with Crippen molar-refractivity contribution in [2.45, 2.75) is 83.7 Å². The number of amides is 2. The highest BCUT2D eigenvalue weighted by molar-refractivity contribution is 7.92. The summed E-state index contributed by atoms with van der Waals surface area (Å²) in [5.74, 6) is 1.98. The van der Waals surface area contributed by atoms with Gasteiger partial charge in [0.15, 0.2) is 0 Å². The highest BCUT2D eigenvalue weighted by atomic mass is 32.2. The van der Waals surface area contributed by atoms with Crippen molar-refractivity contribution in [3.63, 3.8) is 0 Å². The molecule has 3 aromatic carbocycles. The fourth-order valence-corrected chi connectivity index (χ4v) is 9.86. The summed E-state index contributed by atoms with van der Waals surface area (Å²) in [7, 11) is -3.83. The van der Waals surface area contributed by atoms with Crippen molar-refractivity contribution in [3.8, 4) is 0 Å². The molecule has 2 amide bonds. The second-order valence-corrected chi connectivity index (χ2v) is 17.2. The summed E-state index contributed by atoms with van der Waals surface area (Å²) in [4.78, 5) is 30.0. The Kier molecular flexibility index (Phi) is 10.0. The van der Waals surface area contributed by atoms with Gasteiger partial charge >= 0.3 is 0 Å². The molecule has 4 fully saturated rings. The lowest BCUT2D eigenvalue weighted by atomic mass is 9.48. The third-order valence-corrected chi connectivity index (χ3v) is 12.2. The molecule has 0 saturated heterocycles. The second-order valence-electron chi connectivity index (χ2n) is 15.3. The van der Waals surface area contributed by atoms with E-state index in [1.54, 1.807) is 4.90 Å². The van der Waals surface area contributed by atoms with Crippen LogP contribution in [-0.4, -0.2) is 50.5 Å².